The fraction of sp³-hybridized carbons (Fsp3) is 0.406. The molecule has 4 heterocycles. The van der Waals surface area contributed by atoms with Gasteiger partial charge in [-0.1, -0.05) is 6.92 Å². The predicted molar refractivity (Wildman–Crippen MR) is 161 cm³/mol. The van der Waals surface area contributed by atoms with Gasteiger partial charge in [0.15, 0.2) is 0 Å². The maximum Gasteiger partial charge on any atom is 0.415 e. The average Bonchev–Trinajstić information content (AvgIpc) is 3.43. The van der Waals surface area contributed by atoms with E-state index in [1.54, 1.807) is 63.1 Å². The standard InChI is InChI=1S/C32H35FN6O4/c1-16-22-13-34-24(37-29(40)26-18(3)25(26)20-12-36-38(7)15-20)11-19(22)10-21(27(16)33)23-14-35-30-28(17(23)2)39(8-9-42-30)31(41)43-32(4,5)6/h10-15,18,25-26H,8-9H2,1-7H3,(H,34,37,40)/t18?,25?,26-/m0/s1. The van der Waals surface area contributed by atoms with Gasteiger partial charge >= 0.3 is 6.09 Å². The van der Waals surface area contributed by atoms with Gasteiger partial charge in [-0.25, -0.2) is 19.2 Å². The van der Waals surface area contributed by atoms with Crippen molar-refractivity contribution in [2.75, 3.05) is 23.4 Å². The van der Waals surface area contributed by atoms with E-state index in [1.165, 1.54) is 4.90 Å². The van der Waals surface area contributed by atoms with E-state index in [-0.39, 0.29) is 36.8 Å². The zero-order valence-corrected chi connectivity index (χ0v) is 25.4. The van der Waals surface area contributed by atoms with Crippen LogP contribution in [0.2, 0.25) is 0 Å². The minimum absolute atomic E-state index is 0.107. The van der Waals surface area contributed by atoms with Crippen molar-refractivity contribution in [1.82, 2.24) is 19.7 Å². The molecule has 0 radical (unpaired) electrons. The van der Waals surface area contributed by atoms with Gasteiger partial charge in [0.1, 0.15) is 29.5 Å². The van der Waals surface area contributed by atoms with Gasteiger partial charge in [0.25, 0.3) is 0 Å². The molecule has 0 saturated heterocycles. The zero-order valence-electron chi connectivity index (χ0n) is 25.4. The molecule has 2 aliphatic rings. The summed E-state index contributed by atoms with van der Waals surface area (Å²) in [6, 6.07) is 3.48. The Hall–Kier alpha value is -4.54. The number of hydrogen-bond acceptors (Lipinski definition) is 7. The summed E-state index contributed by atoms with van der Waals surface area (Å²) in [4.78, 5) is 36.6. The largest absolute Gasteiger partial charge is 0.474 e. The van der Waals surface area contributed by atoms with Gasteiger partial charge in [0, 0.05) is 54.0 Å². The number of halogens is 1. The molecule has 1 aliphatic carbocycles. The topological polar surface area (TPSA) is 111 Å². The highest BCUT2D eigenvalue weighted by atomic mass is 19.1. The molecule has 1 N–H and O–H groups in total. The SMILES string of the molecule is Cc1c(-c2cc3cc(NC(=O)[C@H]4C(C)C4c4cnn(C)c4)ncc3c(C)c2F)cnc2c1N(C(=O)OC(C)(C)C)CCO2. The lowest BCUT2D eigenvalue weighted by Crippen LogP contribution is -2.42. The van der Waals surface area contributed by atoms with Crippen molar-refractivity contribution in [2.45, 2.75) is 53.1 Å². The number of rotatable bonds is 4. The summed E-state index contributed by atoms with van der Waals surface area (Å²) in [7, 11) is 1.86. The summed E-state index contributed by atoms with van der Waals surface area (Å²) in [5.74, 6) is 0.295. The molecule has 11 heteroatoms. The third-order valence-corrected chi connectivity index (χ3v) is 8.25. The van der Waals surface area contributed by atoms with Gasteiger partial charge in [0.05, 0.1) is 12.7 Å². The van der Waals surface area contributed by atoms with Crippen LogP contribution in [0.25, 0.3) is 21.9 Å². The number of pyridine rings is 2. The Bertz CT molecular complexity index is 1780. The second-order valence-corrected chi connectivity index (χ2v) is 12.4. The number of aryl methyl sites for hydroxylation is 2. The minimum atomic E-state index is -0.686. The third-order valence-electron chi connectivity index (χ3n) is 8.25. The molecule has 0 bridgehead atoms. The summed E-state index contributed by atoms with van der Waals surface area (Å²) in [5, 5.41) is 8.54. The van der Waals surface area contributed by atoms with Crippen LogP contribution in [0.1, 0.15) is 50.3 Å². The minimum Gasteiger partial charge on any atom is -0.474 e. The second kappa shape index (κ2) is 10.3. The van der Waals surface area contributed by atoms with E-state index in [4.69, 9.17) is 9.47 Å². The molecule has 2 unspecified atom stereocenters. The van der Waals surface area contributed by atoms with Crippen molar-refractivity contribution in [2.24, 2.45) is 18.9 Å². The number of amides is 2. The molecule has 1 aromatic carbocycles. The molecule has 3 aromatic heterocycles. The first-order chi connectivity index (χ1) is 20.3. The number of hydrogen-bond donors (Lipinski definition) is 1. The monoisotopic (exact) mass is 586 g/mol. The van der Waals surface area contributed by atoms with Crippen molar-refractivity contribution in [1.29, 1.82) is 0 Å². The Kier molecular flexibility index (Phi) is 6.86. The number of anilines is 2. The van der Waals surface area contributed by atoms with Crippen LogP contribution in [0, 0.1) is 31.5 Å². The first-order valence-corrected chi connectivity index (χ1v) is 14.4. The Labute approximate surface area is 249 Å². The van der Waals surface area contributed by atoms with Crippen LogP contribution in [-0.4, -0.2) is 50.5 Å². The predicted octanol–water partition coefficient (Wildman–Crippen LogP) is 5.91. The summed E-state index contributed by atoms with van der Waals surface area (Å²) in [6.45, 7) is 11.5. The molecule has 1 fully saturated rings. The number of nitrogens with one attached hydrogen (secondary N) is 1. The molecule has 0 spiro atoms. The number of carbonyl (C=O) groups is 2. The molecule has 43 heavy (non-hydrogen) atoms. The van der Waals surface area contributed by atoms with Gasteiger partial charge in [-0.2, -0.15) is 5.10 Å². The normalized spacial score (nSPS) is 19.5. The number of carbonyl (C=O) groups excluding carboxylic acids is 2. The molecular formula is C32H35FN6O4. The molecule has 2 amide bonds. The molecule has 224 valence electrons. The average molecular weight is 587 g/mol. The van der Waals surface area contributed by atoms with Crippen LogP contribution < -0.4 is 15.0 Å². The lowest BCUT2D eigenvalue weighted by atomic mass is 9.95. The van der Waals surface area contributed by atoms with Gasteiger partial charge in [-0.15, -0.1) is 0 Å². The lowest BCUT2D eigenvalue weighted by Gasteiger charge is -2.32. The molecule has 1 aliphatic heterocycles. The van der Waals surface area contributed by atoms with Crippen molar-refractivity contribution < 1.29 is 23.5 Å². The van der Waals surface area contributed by atoms with Gasteiger partial charge in [-0.3, -0.25) is 14.4 Å². The summed E-state index contributed by atoms with van der Waals surface area (Å²) < 4.78 is 29.0. The number of benzene rings is 1. The van der Waals surface area contributed by atoms with Crippen LogP contribution in [0.5, 0.6) is 5.88 Å². The fourth-order valence-corrected chi connectivity index (χ4v) is 6.01. The molecule has 3 atom stereocenters. The Morgan fingerprint density at radius 2 is 1.86 bits per heavy atom. The van der Waals surface area contributed by atoms with Crippen molar-refractivity contribution in [3.63, 3.8) is 0 Å². The summed E-state index contributed by atoms with van der Waals surface area (Å²) >= 11 is 0. The van der Waals surface area contributed by atoms with Gasteiger partial charge < -0.3 is 14.8 Å². The van der Waals surface area contributed by atoms with Gasteiger partial charge in [0.2, 0.25) is 11.8 Å². The van der Waals surface area contributed by atoms with Crippen LogP contribution in [-0.2, 0) is 16.6 Å². The smallest absolute Gasteiger partial charge is 0.415 e. The van der Waals surface area contributed by atoms with Crippen LogP contribution in [0.4, 0.5) is 20.7 Å². The van der Waals surface area contributed by atoms with Crippen molar-refractivity contribution in [3.8, 4) is 17.0 Å². The fourth-order valence-electron chi connectivity index (χ4n) is 6.01. The van der Waals surface area contributed by atoms with E-state index in [2.05, 4.69) is 27.3 Å². The number of fused-ring (bicyclic) bond motifs is 2. The molecule has 10 nitrogen and oxygen atoms in total. The Morgan fingerprint density at radius 1 is 1.09 bits per heavy atom. The maximum absolute atomic E-state index is 15.9. The van der Waals surface area contributed by atoms with E-state index in [0.717, 1.165) is 5.56 Å². The number of nitrogens with zero attached hydrogens (tertiary/aromatic N) is 5. The second-order valence-electron chi connectivity index (χ2n) is 12.4. The van der Waals surface area contributed by atoms with Crippen LogP contribution in [0.3, 0.4) is 0 Å². The zero-order chi connectivity index (χ0) is 30.8. The van der Waals surface area contributed by atoms with Crippen LogP contribution >= 0.6 is 0 Å². The van der Waals surface area contributed by atoms with Crippen LogP contribution in [0.15, 0.2) is 36.9 Å². The summed E-state index contributed by atoms with van der Waals surface area (Å²) in [5.41, 5.74) is 2.72. The van der Waals surface area contributed by atoms with E-state index < -0.39 is 17.5 Å². The first-order valence-electron chi connectivity index (χ1n) is 14.4. The molecule has 6 rings (SSSR count). The third kappa shape index (κ3) is 5.17. The van der Waals surface area contributed by atoms with Crippen molar-refractivity contribution >= 4 is 34.3 Å². The maximum atomic E-state index is 15.9. The Balaban J connectivity index is 1.33. The molecular weight excluding hydrogens is 551 g/mol. The highest BCUT2D eigenvalue weighted by Crippen LogP contribution is 2.54. The van der Waals surface area contributed by atoms with Gasteiger partial charge in [-0.05, 0) is 74.7 Å². The number of aromatic nitrogens is 4. The Morgan fingerprint density at radius 3 is 2.56 bits per heavy atom. The highest BCUT2D eigenvalue weighted by Gasteiger charge is 2.53. The quantitative estimate of drug-likeness (QED) is 0.317. The van der Waals surface area contributed by atoms with Crippen molar-refractivity contribution in [3.05, 3.63) is 59.4 Å². The number of ether oxygens (including phenoxy) is 2. The van der Waals surface area contributed by atoms with E-state index in [0.29, 0.717) is 50.4 Å². The molecule has 4 aromatic rings. The summed E-state index contributed by atoms with van der Waals surface area (Å²) in [6.07, 6.45) is 6.37. The van der Waals surface area contributed by atoms with E-state index in [9.17, 15) is 9.59 Å². The highest BCUT2D eigenvalue weighted by molar-refractivity contribution is 5.99. The van der Waals surface area contributed by atoms with E-state index >= 15 is 4.39 Å². The molecule has 1 saturated carbocycles. The lowest BCUT2D eigenvalue weighted by molar-refractivity contribution is -0.117. The van der Waals surface area contributed by atoms with E-state index in [1.807, 2.05) is 20.2 Å². The first kappa shape index (κ1) is 28.6.